The quantitative estimate of drug-likeness (QED) is 0.145. The first kappa shape index (κ1) is 34.0. The summed E-state index contributed by atoms with van der Waals surface area (Å²) in [5.74, 6) is -0.917. The number of aromatic nitrogens is 5. The SMILES string of the molecule is CCCCOC(=O)C(C)(C)n1c(=O)c2c(C)c(-n3nccn3)sc2n(C[C@H](OCCN2CC(C#N)C2)c2cc(F)ccc2OC)c1=O. The molecule has 250 valence electrons. The van der Waals surface area contributed by atoms with Gasteiger partial charge in [-0.05, 0) is 45.4 Å². The van der Waals surface area contributed by atoms with Crippen molar-refractivity contribution < 1.29 is 23.4 Å². The second kappa shape index (κ2) is 14.2. The molecule has 13 nitrogen and oxygen atoms in total. The Morgan fingerprint density at radius 2 is 1.94 bits per heavy atom. The number of thiophene rings is 1. The number of carbonyl (C=O) groups excluding carboxylic acids is 1. The Morgan fingerprint density at radius 1 is 1.21 bits per heavy atom. The lowest BCUT2D eigenvalue weighted by molar-refractivity contribution is -0.153. The number of halogens is 1. The molecular formula is C32H38FN7O6S. The van der Waals surface area contributed by atoms with Crippen LogP contribution >= 0.6 is 11.3 Å². The second-order valence-electron chi connectivity index (χ2n) is 11.9. The van der Waals surface area contributed by atoms with Gasteiger partial charge in [0.1, 0.15) is 33.0 Å². The van der Waals surface area contributed by atoms with Crippen LogP contribution in [0.1, 0.15) is 50.8 Å². The van der Waals surface area contributed by atoms with Crippen molar-refractivity contribution in [3.8, 4) is 16.8 Å². The van der Waals surface area contributed by atoms with Crippen LogP contribution in [0.3, 0.4) is 0 Å². The van der Waals surface area contributed by atoms with Gasteiger partial charge in [-0.1, -0.05) is 24.7 Å². The van der Waals surface area contributed by atoms with Crippen molar-refractivity contribution in [3.63, 3.8) is 0 Å². The van der Waals surface area contributed by atoms with Gasteiger partial charge in [0.15, 0.2) is 0 Å². The number of hydrogen-bond donors (Lipinski definition) is 0. The van der Waals surface area contributed by atoms with Crippen LogP contribution in [-0.4, -0.2) is 75.0 Å². The van der Waals surface area contributed by atoms with E-state index in [0.717, 1.165) is 22.3 Å². The van der Waals surface area contributed by atoms with E-state index in [-0.39, 0.29) is 31.1 Å². The van der Waals surface area contributed by atoms with Crippen molar-refractivity contribution in [1.82, 2.24) is 29.0 Å². The van der Waals surface area contributed by atoms with Crippen molar-refractivity contribution in [2.24, 2.45) is 5.92 Å². The van der Waals surface area contributed by atoms with E-state index in [0.29, 0.717) is 52.8 Å². The zero-order valence-corrected chi connectivity index (χ0v) is 27.9. The maximum Gasteiger partial charge on any atom is 0.333 e. The number of likely N-dealkylation sites (tertiary alicyclic amines) is 1. The van der Waals surface area contributed by atoms with E-state index in [9.17, 15) is 18.8 Å². The highest BCUT2D eigenvalue weighted by Crippen LogP contribution is 2.34. The lowest BCUT2D eigenvalue weighted by atomic mass is 10.0. The number of ether oxygens (including phenoxy) is 3. The molecule has 1 aliphatic rings. The van der Waals surface area contributed by atoms with Gasteiger partial charge in [-0.15, -0.1) is 4.80 Å². The Morgan fingerprint density at radius 3 is 2.60 bits per heavy atom. The number of esters is 1. The van der Waals surface area contributed by atoms with E-state index < -0.39 is 34.7 Å². The molecule has 4 aromatic rings. The van der Waals surface area contributed by atoms with Crippen LogP contribution in [0.15, 0.2) is 40.2 Å². The number of benzene rings is 1. The van der Waals surface area contributed by atoms with Gasteiger partial charge in [0.05, 0.1) is 56.6 Å². The van der Waals surface area contributed by atoms with Gasteiger partial charge in [-0.3, -0.25) is 14.3 Å². The predicted molar refractivity (Wildman–Crippen MR) is 172 cm³/mol. The average Bonchev–Trinajstić information content (AvgIpc) is 3.67. The van der Waals surface area contributed by atoms with Gasteiger partial charge >= 0.3 is 11.7 Å². The number of carbonyl (C=O) groups is 1. The molecule has 5 rings (SSSR count). The Kier molecular flexibility index (Phi) is 10.2. The fourth-order valence-corrected chi connectivity index (χ4v) is 6.82. The average molecular weight is 668 g/mol. The number of rotatable bonds is 14. The van der Waals surface area contributed by atoms with Crippen molar-refractivity contribution in [1.29, 1.82) is 5.26 Å². The monoisotopic (exact) mass is 667 g/mol. The molecule has 47 heavy (non-hydrogen) atoms. The molecule has 1 fully saturated rings. The number of nitrogens with zero attached hydrogens (tertiary/aromatic N) is 7. The Balaban J connectivity index is 1.66. The molecule has 1 atom stereocenters. The van der Waals surface area contributed by atoms with Gasteiger partial charge in [-0.25, -0.2) is 18.5 Å². The fourth-order valence-electron chi connectivity index (χ4n) is 5.60. The highest BCUT2D eigenvalue weighted by molar-refractivity contribution is 7.21. The van der Waals surface area contributed by atoms with E-state index in [2.05, 4.69) is 21.2 Å². The van der Waals surface area contributed by atoms with Gasteiger partial charge in [-0.2, -0.15) is 15.5 Å². The normalized spacial score (nSPS) is 14.6. The van der Waals surface area contributed by atoms with Crippen molar-refractivity contribution in [2.75, 3.05) is 40.0 Å². The summed E-state index contributed by atoms with van der Waals surface area (Å²) >= 11 is 1.15. The molecule has 1 aromatic carbocycles. The van der Waals surface area contributed by atoms with Crippen molar-refractivity contribution >= 4 is 27.5 Å². The minimum absolute atomic E-state index is 0.0282. The maximum atomic E-state index is 14.7. The number of nitriles is 1. The summed E-state index contributed by atoms with van der Waals surface area (Å²) in [6.45, 7) is 8.62. The molecule has 3 aromatic heterocycles. The highest BCUT2D eigenvalue weighted by Gasteiger charge is 2.37. The van der Waals surface area contributed by atoms with E-state index in [4.69, 9.17) is 19.5 Å². The van der Waals surface area contributed by atoms with Crippen molar-refractivity contribution in [3.05, 3.63) is 68.4 Å². The van der Waals surface area contributed by atoms with Crippen LogP contribution in [0.5, 0.6) is 5.75 Å². The molecule has 0 bridgehead atoms. The molecule has 0 amide bonds. The fraction of sp³-hybridized carbons (Fsp3) is 0.500. The molecule has 0 N–H and O–H groups in total. The van der Waals surface area contributed by atoms with E-state index in [1.54, 1.807) is 6.92 Å². The lowest BCUT2D eigenvalue weighted by Crippen LogP contribution is -2.53. The Labute approximate surface area is 274 Å². The molecule has 4 heterocycles. The topological polar surface area (TPSA) is 146 Å². The minimum atomic E-state index is -1.67. The van der Waals surface area contributed by atoms with Crippen LogP contribution in [0.25, 0.3) is 15.2 Å². The molecule has 0 spiro atoms. The summed E-state index contributed by atoms with van der Waals surface area (Å²) in [7, 11) is 1.46. The molecule has 0 saturated carbocycles. The number of methoxy groups -OCH3 is 1. The first-order valence-corrected chi connectivity index (χ1v) is 16.2. The standard InChI is InChI=1S/C32H38FN7O6S/c1-6-7-13-46-30(42)32(3,4)39-27(41)26-20(2)28(40-35-10-11-36-40)47-29(26)38(31(39)43)19-25(23-15-22(33)8-9-24(23)44-5)45-14-12-37-17-21(16-34)18-37/h8-11,15,21,25H,6-7,12-14,17-19H2,1-5H3/t25-/m0/s1. The first-order valence-electron chi connectivity index (χ1n) is 15.4. The zero-order chi connectivity index (χ0) is 33.9. The third-order valence-electron chi connectivity index (χ3n) is 8.33. The van der Waals surface area contributed by atoms with Gasteiger partial charge < -0.3 is 14.2 Å². The maximum absolute atomic E-state index is 14.7. The zero-order valence-electron chi connectivity index (χ0n) is 27.1. The van der Waals surface area contributed by atoms with E-state index in [1.165, 1.54) is 60.9 Å². The second-order valence-corrected chi connectivity index (χ2v) is 12.9. The smallest absolute Gasteiger partial charge is 0.333 e. The summed E-state index contributed by atoms with van der Waals surface area (Å²) in [5.41, 5.74) is -2.20. The number of hydrogen-bond acceptors (Lipinski definition) is 11. The third kappa shape index (κ3) is 6.71. The van der Waals surface area contributed by atoms with Crippen LogP contribution in [0, 0.1) is 30.0 Å². The molecule has 15 heteroatoms. The molecule has 0 radical (unpaired) electrons. The Bertz CT molecular complexity index is 1900. The third-order valence-corrected chi connectivity index (χ3v) is 9.61. The van der Waals surface area contributed by atoms with Crippen LogP contribution < -0.4 is 16.0 Å². The highest BCUT2D eigenvalue weighted by atomic mass is 32.1. The van der Waals surface area contributed by atoms with Crippen LogP contribution in [-0.2, 0) is 26.4 Å². The molecule has 0 unspecified atom stereocenters. The molecule has 1 aliphatic heterocycles. The minimum Gasteiger partial charge on any atom is -0.496 e. The summed E-state index contributed by atoms with van der Waals surface area (Å²) in [4.78, 5) is 45.8. The summed E-state index contributed by atoms with van der Waals surface area (Å²) in [6, 6.07) is 6.30. The summed E-state index contributed by atoms with van der Waals surface area (Å²) in [5, 5.41) is 18.3. The molecular weight excluding hydrogens is 629 g/mol. The first-order chi connectivity index (χ1) is 22.5. The van der Waals surface area contributed by atoms with Crippen molar-refractivity contribution in [2.45, 2.75) is 58.7 Å². The lowest BCUT2D eigenvalue weighted by Gasteiger charge is -2.35. The number of unbranched alkanes of at least 4 members (excludes halogenated alkanes) is 1. The largest absolute Gasteiger partial charge is 0.496 e. The summed E-state index contributed by atoms with van der Waals surface area (Å²) in [6.07, 6.45) is 3.52. The molecule has 0 aliphatic carbocycles. The van der Waals surface area contributed by atoms with E-state index >= 15 is 0 Å². The number of fused-ring (bicyclic) bond motifs is 1. The van der Waals surface area contributed by atoms with Gasteiger partial charge in [0, 0.05) is 30.8 Å². The Hall–Kier alpha value is -4.39. The van der Waals surface area contributed by atoms with Crippen LogP contribution in [0.2, 0.25) is 0 Å². The van der Waals surface area contributed by atoms with Crippen LogP contribution in [0.4, 0.5) is 4.39 Å². The van der Waals surface area contributed by atoms with Gasteiger partial charge in [0.25, 0.3) is 5.56 Å². The van der Waals surface area contributed by atoms with E-state index in [1.807, 2.05) is 6.92 Å². The number of aryl methyl sites for hydroxylation is 1. The molecule has 1 saturated heterocycles. The van der Waals surface area contributed by atoms with Gasteiger partial charge in [0.2, 0.25) is 0 Å². The summed E-state index contributed by atoms with van der Waals surface area (Å²) < 4.78 is 34.4. The predicted octanol–water partition coefficient (Wildman–Crippen LogP) is 3.55.